The Morgan fingerprint density at radius 2 is 2.09 bits per heavy atom. The summed E-state index contributed by atoms with van der Waals surface area (Å²) in [5, 5.41) is 6.49. The van der Waals surface area contributed by atoms with Crippen LogP contribution in [-0.2, 0) is 19.6 Å². The number of hydrogen-bond acceptors (Lipinski definition) is 8. The number of amides is 1. The minimum absolute atomic E-state index is 0.163. The van der Waals surface area contributed by atoms with Crippen molar-refractivity contribution in [3.63, 3.8) is 0 Å². The number of carbonyl (C=O) groups excluding carboxylic acids is 1. The Hall–Kier alpha value is -2.34. The van der Waals surface area contributed by atoms with Crippen LogP contribution < -0.4 is 10.6 Å². The third kappa shape index (κ3) is 6.41. The van der Waals surface area contributed by atoms with Crippen LogP contribution in [-0.4, -0.2) is 72.7 Å². The van der Waals surface area contributed by atoms with E-state index in [-0.39, 0.29) is 12.5 Å². The number of anilines is 2. The quantitative estimate of drug-likeness (QED) is 0.584. The summed E-state index contributed by atoms with van der Waals surface area (Å²) in [4.78, 5) is 25.9. The third-order valence-corrected chi connectivity index (χ3v) is 7.64. The van der Waals surface area contributed by atoms with Gasteiger partial charge in [0.15, 0.2) is 0 Å². The van der Waals surface area contributed by atoms with Gasteiger partial charge < -0.3 is 15.4 Å². The van der Waals surface area contributed by atoms with Crippen molar-refractivity contribution in [3.05, 3.63) is 29.7 Å². The fourth-order valence-electron chi connectivity index (χ4n) is 4.19. The van der Waals surface area contributed by atoms with E-state index in [2.05, 4.69) is 25.6 Å². The number of halogens is 1. The fourth-order valence-corrected chi connectivity index (χ4v) is 5.30. The lowest BCUT2D eigenvalue weighted by Gasteiger charge is -2.30. The zero-order chi connectivity index (χ0) is 24.1. The van der Waals surface area contributed by atoms with Gasteiger partial charge in [0.25, 0.3) is 0 Å². The molecular formula is C22H29ClN6O4S. The average molecular weight is 509 g/mol. The van der Waals surface area contributed by atoms with E-state index < -0.39 is 15.9 Å². The van der Waals surface area contributed by atoms with E-state index in [4.69, 9.17) is 16.3 Å². The molecule has 2 aliphatic heterocycles. The summed E-state index contributed by atoms with van der Waals surface area (Å²) < 4.78 is 30.6. The largest absolute Gasteiger partial charge is 0.381 e. The second-order valence-corrected chi connectivity index (χ2v) is 11.1. The van der Waals surface area contributed by atoms with E-state index in [9.17, 15) is 13.2 Å². The molecule has 4 rings (SSSR count). The average Bonchev–Trinajstić information content (AvgIpc) is 2.84. The van der Waals surface area contributed by atoms with Crippen molar-refractivity contribution in [3.8, 4) is 11.3 Å². The van der Waals surface area contributed by atoms with Crippen molar-refractivity contribution in [1.82, 2.24) is 19.3 Å². The van der Waals surface area contributed by atoms with Gasteiger partial charge in [-0.2, -0.15) is 0 Å². The lowest BCUT2D eigenvalue weighted by atomic mass is 9.99. The Labute approximate surface area is 204 Å². The van der Waals surface area contributed by atoms with Gasteiger partial charge in [0, 0.05) is 38.0 Å². The third-order valence-electron chi connectivity index (χ3n) is 6.07. The smallest absolute Gasteiger partial charge is 0.229 e. The Bertz CT molecular complexity index is 1130. The van der Waals surface area contributed by atoms with Crippen LogP contribution in [0.15, 0.2) is 24.7 Å². The van der Waals surface area contributed by atoms with Crippen molar-refractivity contribution in [2.75, 3.05) is 49.7 Å². The zero-order valence-corrected chi connectivity index (χ0v) is 20.6. The van der Waals surface area contributed by atoms with Crippen molar-refractivity contribution in [1.29, 1.82) is 0 Å². The van der Waals surface area contributed by atoms with Crippen LogP contribution in [0.2, 0.25) is 5.02 Å². The highest BCUT2D eigenvalue weighted by Gasteiger charge is 2.30. The normalized spacial score (nSPS) is 21.7. The van der Waals surface area contributed by atoms with E-state index in [0.29, 0.717) is 53.2 Å². The summed E-state index contributed by atoms with van der Waals surface area (Å²) >= 11 is 6.38. The summed E-state index contributed by atoms with van der Waals surface area (Å²) in [6.07, 6.45) is 9.30. The number of pyridine rings is 1. The molecule has 0 aliphatic carbocycles. The number of sulfonamides is 1. The summed E-state index contributed by atoms with van der Waals surface area (Å²) in [6.45, 7) is 2.90. The topological polar surface area (TPSA) is 126 Å². The zero-order valence-electron chi connectivity index (χ0n) is 19.0. The first kappa shape index (κ1) is 24.8. The van der Waals surface area contributed by atoms with E-state index >= 15 is 0 Å². The minimum Gasteiger partial charge on any atom is -0.381 e. The molecule has 1 amide bonds. The standard InChI is InChI=1S/C22H29ClN6O4S/c1-34(31,32)29-6-2-5-16(13-29)22(30)28-20-8-17(18(23)10-26-20)19-11-24-12-21(27-19)25-9-15-4-3-7-33-14-15/h8,10-12,15-16H,2-7,9,13-14H2,1H3,(H,25,27)(H,26,28,30)/t15?,16-/m0/s1. The Balaban J connectivity index is 1.44. The molecule has 0 saturated carbocycles. The summed E-state index contributed by atoms with van der Waals surface area (Å²) in [7, 11) is -3.34. The number of hydrogen-bond donors (Lipinski definition) is 2. The molecule has 2 fully saturated rings. The molecule has 0 radical (unpaired) electrons. The van der Waals surface area contributed by atoms with E-state index in [1.807, 2.05) is 0 Å². The number of rotatable bonds is 7. The first-order valence-corrected chi connectivity index (χ1v) is 13.6. The molecule has 2 atom stereocenters. The van der Waals surface area contributed by atoms with Crippen molar-refractivity contribution < 1.29 is 17.9 Å². The number of nitrogens with one attached hydrogen (secondary N) is 2. The monoisotopic (exact) mass is 508 g/mol. The molecule has 2 aromatic rings. The van der Waals surface area contributed by atoms with Gasteiger partial charge in [0.2, 0.25) is 15.9 Å². The van der Waals surface area contributed by atoms with Crippen LogP contribution in [0.3, 0.4) is 0 Å². The van der Waals surface area contributed by atoms with Crippen molar-refractivity contribution in [2.24, 2.45) is 11.8 Å². The highest BCUT2D eigenvalue weighted by atomic mass is 35.5. The van der Waals surface area contributed by atoms with Crippen LogP contribution >= 0.6 is 11.6 Å². The first-order chi connectivity index (χ1) is 16.3. The lowest BCUT2D eigenvalue weighted by Crippen LogP contribution is -2.43. The van der Waals surface area contributed by atoms with E-state index in [0.717, 1.165) is 38.9 Å². The van der Waals surface area contributed by atoms with Crippen molar-refractivity contribution in [2.45, 2.75) is 25.7 Å². The van der Waals surface area contributed by atoms with Gasteiger partial charge in [-0.25, -0.2) is 22.7 Å². The fraction of sp³-hybridized carbons (Fsp3) is 0.545. The van der Waals surface area contributed by atoms with Gasteiger partial charge in [0.1, 0.15) is 11.6 Å². The number of nitrogens with zero attached hydrogens (tertiary/aromatic N) is 4. The van der Waals surface area contributed by atoms with Gasteiger partial charge in [0.05, 0.1) is 41.9 Å². The van der Waals surface area contributed by atoms with Gasteiger partial charge in [-0.15, -0.1) is 0 Å². The maximum atomic E-state index is 12.8. The molecule has 1 unspecified atom stereocenters. The molecular weight excluding hydrogens is 480 g/mol. The summed E-state index contributed by atoms with van der Waals surface area (Å²) in [5.74, 6) is 0.666. The predicted octanol–water partition coefficient (Wildman–Crippen LogP) is 2.64. The molecule has 2 aromatic heterocycles. The van der Waals surface area contributed by atoms with Gasteiger partial charge in [-0.3, -0.25) is 9.78 Å². The predicted molar refractivity (Wildman–Crippen MR) is 130 cm³/mol. The van der Waals surface area contributed by atoms with Crippen LogP contribution in [0.25, 0.3) is 11.3 Å². The van der Waals surface area contributed by atoms with E-state index in [1.165, 1.54) is 10.5 Å². The van der Waals surface area contributed by atoms with Crippen LogP contribution in [0.1, 0.15) is 25.7 Å². The second-order valence-electron chi connectivity index (χ2n) is 8.75. The second kappa shape index (κ2) is 10.9. The molecule has 0 bridgehead atoms. The highest BCUT2D eigenvalue weighted by Crippen LogP contribution is 2.29. The maximum Gasteiger partial charge on any atom is 0.229 e. The van der Waals surface area contributed by atoms with Gasteiger partial charge >= 0.3 is 0 Å². The molecule has 10 nitrogen and oxygen atoms in total. The molecule has 0 spiro atoms. The molecule has 34 heavy (non-hydrogen) atoms. The van der Waals surface area contributed by atoms with Crippen LogP contribution in [0, 0.1) is 11.8 Å². The molecule has 2 N–H and O–H groups in total. The maximum absolute atomic E-state index is 12.8. The number of piperidine rings is 1. The van der Waals surface area contributed by atoms with Crippen LogP contribution in [0.4, 0.5) is 11.6 Å². The molecule has 2 saturated heterocycles. The lowest BCUT2D eigenvalue weighted by molar-refractivity contribution is -0.120. The highest BCUT2D eigenvalue weighted by molar-refractivity contribution is 7.88. The van der Waals surface area contributed by atoms with Crippen molar-refractivity contribution >= 4 is 39.2 Å². The SMILES string of the molecule is CS(=O)(=O)N1CCC[C@H](C(=O)Nc2cc(-c3cncc(NCC4CCCOC4)n3)c(Cl)cn2)C1. The Morgan fingerprint density at radius 3 is 2.85 bits per heavy atom. The van der Waals surface area contributed by atoms with Crippen LogP contribution in [0.5, 0.6) is 0 Å². The summed E-state index contributed by atoms with van der Waals surface area (Å²) in [5.41, 5.74) is 1.14. The molecule has 184 valence electrons. The number of aromatic nitrogens is 3. The minimum atomic E-state index is -3.34. The molecule has 12 heteroatoms. The van der Waals surface area contributed by atoms with Gasteiger partial charge in [-0.05, 0) is 37.7 Å². The first-order valence-electron chi connectivity index (χ1n) is 11.3. The number of ether oxygens (including phenoxy) is 1. The number of carbonyl (C=O) groups is 1. The van der Waals surface area contributed by atoms with Gasteiger partial charge in [-0.1, -0.05) is 11.6 Å². The Morgan fingerprint density at radius 1 is 1.24 bits per heavy atom. The van der Waals surface area contributed by atoms with E-state index in [1.54, 1.807) is 18.5 Å². The molecule has 4 heterocycles. The molecule has 0 aromatic carbocycles. The summed E-state index contributed by atoms with van der Waals surface area (Å²) in [6, 6.07) is 1.65. The molecule has 2 aliphatic rings. The Kier molecular flexibility index (Phi) is 7.97.